The fourth-order valence-electron chi connectivity index (χ4n) is 5.21. The van der Waals surface area contributed by atoms with E-state index in [4.69, 9.17) is 0 Å². The lowest BCUT2D eigenvalue weighted by Crippen LogP contribution is -2.33. The molecule has 0 unspecified atom stereocenters. The number of nitrogens with zero attached hydrogens (tertiary/aromatic N) is 3. The van der Waals surface area contributed by atoms with Crippen LogP contribution >= 0.6 is 0 Å². The number of pyridine rings is 1. The van der Waals surface area contributed by atoms with Gasteiger partial charge in [0.05, 0.1) is 0 Å². The van der Waals surface area contributed by atoms with Crippen molar-refractivity contribution < 1.29 is 9.59 Å². The molecule has 2 aromatic carbocycles. The zero-order chi connectivity index (χ0) is 26.7. The molecule has 6 heteroatoms. The Balaban J connectivity index is 1.57. The normalized spacial score (nSPS) is 15.2. The summed E-state index contributed by atoms with van der Waals surface area (Å²) in [5.74, 6) is -0.0433. The molecule has 200 valence electrons. The standard InChI is InChI=1S/C32H40N4O2/c1-25-11-6-7-13-28(25)16-18-34-32(38)29-14-15-31-30(21-29)24-35(23-27-12-10-17-33-22-27)19-8-4-3-5-9-20-36(31)26(2)37/h6-7,10-15,17,21-22H,3-5,8-9,16,18-20,23-24H2,1-2H3,(H,34,38). The molecule has 38 heavy (non-hydrogen) atoms. The van der Waals surface area contributed by atoms with Crippen LogP contribution in [-0.4, -0.2) is 41.3 Å². The number of aryl methyl sites for hydroxylation is 1. The van der Waals surface area contributed by atoms with E-state index in [1.807, 2.05) is 47.5 Å². The minimum absolute atomic E-state index is 0.0394. The summed E-state index contributed by atoms with van der Waals surface area (Å²) >= 11 is 0. The lowest BCUT2D eigenvalue weighted by atomic mass is 10.0. The Morgan fingerprint density at radius 2 is 1.74 bits per heavy atom. The van der Waals surface area contributed by atoms with Crippen LogP contribution in [0.1, 0.15) is 71.6 Å². The summed E-state index contributed by atoms with van der Waals surface area (Å²) in [5.41, 5.74) is 6.19. The van der Waals surface area contributed by atoms with Crippen molar-refractivity contribution in [1.82, 2.24) is 15.2 Å². The third-order valence-corrected chi connectivity index (χ3v) is 7.33. The number of anilines is 1. The molecule has 6 nitrogen and oxygen atoms in total. The van der Waals surface area contributed by atoms with Crippen molar-refractivity contribution in [2.45, 2.75) is 65.5 Å². The van der Waals surface area contributed by atoms with E-state index in [0.717, 1.165) is 55.6 Å². The second-order valence-electron chi connectivity index (χ2n) is 10.3. The maximum absolute atomic E-state index is 13.2. The maximum atomic E-state index is 13.2. The van der Waals surface area contributed by atoms with Crippen molar-refractivity contribution in [1.29, 1.82) is 0 Å². The molecular weight excluding hydrogens is 472 g/mol. The van der Waals surface area contributed by atoms with Crippen molar-refractivity contribution in [3.63, 3.8) is 0 Å². The Hall–Kier alpha value is -3.51. The highest BCUT2D eigenvalue weighted by atomic mass is 16.2. The predicted octanol–water partition coefficient (Wildman–Crippen LogP) is 5.68. The highest BCUT2D eigenvalue weighted by Crippen LogP contribution is 2.27. The van der Waals surface area contributed by atoms with Crippen molar-refractivity contribution in [2.24, 2.45) is 0 Å². The third-order valence-electron chi connectivity index (χ3n) is 7.33. The van der Waals surface area contributed by atoms with Crippen LogP contribution in [0.2, 0.25) is 0 Å². The Bertz CT molecular complexity index is 1210. The summed E-state index contributed by atoms with van der Waals surface area (Å²) < 4.78 is 0. The summed E-state index contributed by atoms with van der Waals surface area (Å²) in [7, 11) is 0. The Labute approximate surface area is 227 Å². The number of carbonyl (C=O) groups excluding carboxylic acids is 2. The van der Waals surface area contributed by atoms with Crippen molar-refractivity contribution in [3.05, 3.63) is 94.8 Å². The molecule has 1 N–H and O–H groups in total. The molecule has 1 aromatic heterocycles. The predicted molar refractivity (Wildman–Crippen MR) is 153 cm³/mol. The van der Waals surface area contributed by atoms with E-state index in [1.54, 1.807) is 13.1 Å². The minimum Gasteiger partial charge on any atom is -0.352 e. The number of benzene rings is 2. The fourth-order valence-corrected chi connectivity index (χ4v) is 5.21. The van der Waals surface area contributed by atoms with Gasteiger partial charge in [-0.1, -0.05) is 49.6 Å². The number of hydrogen-bond donors (Lipinski definition) is 1. The Morgan fingerprint density at radius 3 is 2.50 bits per heavy atom. The zero-order valence-electron chi connectivity index (χ0n) is 22.8. The first-order valence-electron chi connectivity index (χ1n) is 13.9. The molecule has 0 bridgehead atoms. The van der Waals surface area contributed by atoms with Crippen molar-refractivity contribution in [2.75, 3.05) is 24.5 Å². The summed E-state index contributed by atoms with van der Waals surface area (Å²) in [6.45, 7) is 7.41. The van der Waals surface area contributed by atoms with Crippen LogP contribution in [0, 0.1) is 6.92 Å². The summed E-state index contributed by atoms with van der Waals surface area (Å²) in [5, 5.41) is 3.09. The molecule has 3 aromatic rings. The van der Waals surface area contributed by atoms with Crippen LogP contribution in [0.4, 0.5) is 5.69 Å². The molecule has 0 atom stereocenters. The van der Waals surface area contributed by atoms with Gasteiger partial charge in [0.15, 0.2) is 0 Å². The first-order valence-corrected chi connectivity index (χ1v) is 13.9. The quantitative estimate of drug-likeness (QED) is 0.461. The maximum Gasteiger partial charge on any atom is 0.251 e. The Morgan fingerprint density at radius 1 is 0.947 bits per heavy atom. The highest BCUT2D eigenvalue weighted by molar-refractivity contribution is 5.97. The van der Waals surface area contributed by atoms with Gasteiger partial charge in [0, 0.05) is 56.7 Å². The fraction of sp³-hybridized carbons (Fsp3) is 0.406. The number of carbonyl (C=O) groups is 2. The van der Waals surface area contributed by atoms with Gasteiger partial charge in [-0.15, -0.1) is 0 Å². The summed E-state index contributed by atoms with van der Waals surface area (Å²) in [6.07, 6.45) is 10.1. The van der Waals surface area contributed by atoms with Gasteiger partial charge in [-0.3, -0.25) is 19.5 Å². The second kappa shape index (κ2) is 13.9. The summed E-state index contributed by atoms with van der Waals surface area (Å²) in [6, 6.07) is 18.1. The van der Waals surface area contributed by atoms with Gasteiger partial charge >= 0.3 is 0 Å². The van der Waals surface area contributed by atoms with Gasteiger partial charge in [-0.05, 0) is 79.3 Å². The number of nitrogens with one attached hydrogen (secondary N) is 1. The smallest absolute Gasteiger partial charge is 0.251 e. The number of amides is 2. The number of aromatic nitrogens is 1. The van der Waals surface area contributed by atoms with Crippen molar-refractivity contribution in [3.8, 4) is 0 Å². The topological polar surface area (TPSA) is 65.5 Å². The molecule has 0 radical (unpaired) electrons. The van der Waals surface area contributed by atoms with E-state index in [1.165, 1.54) is 24.0 Å². The van der Waals surface area contributed by atoms with Gasteiger partial charge < -0.3 is 10.2 Å². The largest absolute Gasteiger partial charge is 0.352 e. The first kappa shape index (κ1) is 27.5. The van der Waals surface area contributed by atoms with E-state index in [2.05, 4.69) is 40.3 Å². The van der Waals surface area contributed by atoms with E-state index in [0.29, 0.717) is 25.2 Å². The molecule has 0 aliphatic carbocycles. The molecule has 0 spiro atoms. The molecular formula is C32H40N4O2. The first-order chi connectivity index (χ1) is 18.5. The molecule has 0 fully saturated rings. The Kier molecular flexibility index (Phi) is 10.0. The van der Waals surface area contributed by atoms with E-state index < -0.39 is 0 Å². The highest BCUT2D eigenvalue weighted by Gasteiger charge is 2.20. The van der Waals surface area contributed by atoms with Crippen LogP contribution in [0.3, 0.4) is 0 Å². The summed E-state index contributed by atoms with van der Waals surface area (Å²) in [4.78, 5) is 34.4. The van der Waals surface area contributed by atoms with Gasteiger partial charge in [-0.2, -0.15) is 0 Å². The van der Waals surface area contributed by atoms with Crippen LogP contribution in [0.15, 0.2) is 67.0 Å². The molecule has 1 aliphatic heterocycles. The van der Waals surface area contributed by atoms with Crippen LogP contribution in [-0.2, 0) is 24.3 Å². The van der Waals surface area contributed by atoms with E-state index in [-0.39, 0.29) is 11.8 Å². The monoisotopic (exact) mass is 512 g/mol. The molecule has 2 amide bonds. The molecule has 1 aliphatic rings. The van der Waals surface area contributed by atoms with Crippen molar-refractivity contribution >= 4 is 17.5 Å². The minimum atomic E-state index is -0.0827. The number of rotatable bonds is 6. The average molecular weight is 513 g/mol. The molecule has 0 saturated carbocycles. The van der Waals surface area contributed by atoms with Crippen LogP contribution in [0.5, 0.6) is 0 Å². The molecule has 2 heterocycles. The van der Waals surface area contributed by atoms with Gasteiger partial charge in [0.1, 0.15) is 0 Å². The van der Waals surface area contributed by atoms with Gasteiger partial charge in [-0.25, -0.2) is 0 Å². The van der Waals surface area contributed by atoms with Crippen LogP contribution in [0.25, 0.3) is 0 Å². The number of hydrogen-bond acceptors (Lipinski definition) is 4. The zero-order valence-corrected chi connectivity index (χ0v) is 22.8. The lowest BCUT2D eigenvalue weighted by molar-refractivity contribution is -0.116. The third kappa shape index (κ3) is 7.75. The SMILES string of the molecule is CC(=O)N1CCCCCCCN(Cc2cccnc2)Cc2cc(C(=O)NCCc3ccccc3C)ccc21. The average Bonchev–Trinajstić information content (AvgIpc) is 2.91. The van der Waals surface area contributed by atoms with E-state index in [9.17, 15) is 9.59 Å². The van der Waals surface area contributed by atoms with Gasteiger partial charge in [0.2, 0.25) is 5.91 Å². The lowest BCUT2D eigenvalue weighted by Gasteiger charge is -2.29. The second-order valence-corrected chi connectivity index (χ2v) is 10.3. The number of fused-ring (bicyclic) bond motifs is 1. The van der Waals surface area contributed by atoms with E-state index >= 15 is 0 Å². The van der Waals surface area contributed by atoms with Gasteiger partial charge in [0.25, 0.3) is 5.91 Å². The van der Waals surface area contributed by atoms with Crippen LogP contribution < -0.4 is 10.2 Å². The molecule has 4 rings (SSSR count). The molecule has 0 saturated heterocycles.